The number of rotatable bonds is 8. The van der Waals surface area contributed by atoms with Crippen molar-refractivity contribution in [2.75, 3.05) is 6.61 Å². The van der Waals surface area contributed by atoms with Gasteiger partial charge in [-0.2, -0.15) is 0 Å². The molecule has 0 aliphatic rings. The first kappa shape index (κ1) is 20.6. The lowest BCUT2D eigenvalue weighted by molar-refractivity contribution is -0.143. The number of esters is 1. The van der Waals surface area contributed by atoms with Crippen molar-refractivity contribution in [3.05, 3.63) is 76.5 Å². The van der Waals surface area contributed by atoms with E-state index in [4.69, 9.17) is 4.74 Å². The molecule has 28 heavy (non-hydrogen) atoms. The normalized spacial score (nSPS) is 13.1. The first-order chi connectivity index (χ1) is 13.6. The summed E-state index contributed by atoms with van der Waals surface area (Å²) >= 11 is 0.117. The molecule has 0 spiro atoms. The Balaban J connectivity index is 1.82. The van der Waals surface area contributed by atoms with Crippen LogP contribution in [0.5, 0.6) is 0 Å². The Labute approximate surface area is 172 Å². The molecule has 6 heteroatoms. The Morgan fingerprint density at radius 1 is 1.14 bits per heavy atom. The molecule has 146 valence electrons. The van der Waals surface area contributed by atoms with Crippen LogP contribution < -0.4 is 4.72 Å². The quantitative estimate of drug-likeness (QED) is 0.416. The minimum absolute atomic E-state index is 0.125. The molecule has 2 unspecified atom stereocenters. The summed E-state index contributed by atoms with van der Waals surface area (Å²) in [5, 5.41) is 2.06. The van der Waals surface area contributed by atoms with Gasteiger partial charge in [0.15, 0.2) is 4.90 Å². The van der Waals surface area contributed by atoms with Crippen molar-refractivity contribution in [2.24, 2.45) is 0 Å². The van der Waals surface area contributed by atoms with Gasteiger partial charge in [0.25, 0.3) is 0 Å². The van der Waals surface area contributed by atoms with Gasteiger partial charge in [0.05, 0.1) is 30.4 Å². The number of carbonyl (C=O) groups is 1. The van der Waals surface area contributed by atoms with Crippen molar-refractivity contribution in [1.29, 1.82) is 0 Å². The monoisotopic (exact) mass is 413 g/mol. The number of aryl methyl sites for hydroxylation is 1. The highest BCUT2D eigenvalue weighted by molar-refractivity contribution is 7.89. The summed E-state index contributed by atoms with van der Waals surface area (Å²) in [6.45, 7) is 4.07. The van der Waals surface area contributed by atoms with E-state index in [0.717, 1.165) is 21.6 Å². The summed E-state index contributed by atoms with van der Waals surface area (Å²) in [6, 6.07) is 19.3. The van der Waals surface area contributed by atoms with Gasteiger partial charge in [0.2, 0.25) is 0 Å². The van der Waals surface area contributed by atoms with Crippen LogP contribution in [-0.2, 0) is 20.9 Å². The molecule has 2 aromatic carbocycles. The topological polar surface area (TPSA) is 61.4 Å². The highest BCUT2D eigenvalue weighted by atomic mass is 32.2. The fourth-order valence-electron chi connectivity index (χ4n) is 2.83. The van der Waals surface area contributed by atoms with Gasteiger partial charge in [-0.05, 0) is 54.1 Å². The minimum atomic E-state index is -1.43. The Hall–Kier alpha value is -2.12. The third-order valence-electron chi connectivity index (χ3n) is 4.20. The number of carbonyl (C=O) groups excluding carboxylic acids is 1. The molecule has 3 rings (SSSR count). The second-order valence-corrected chi connectivity index (χ2v) is 8.56. The van der Waals surface area contributed by atoms with Gasteiger partial charge < -0.3 is 9.29 Å². The number of hydrogen-bond donors (Lipinski definition) is 1. The van der Waals surface area contributed by atoms with Crippen LogP contribution in [0.2, 0.25) is 0 Å². The standard InChI is InChI=1S/C22H23NO3S2/c1-3-26-22(24)14-20(23-28(25)19-11-7-8-16(2)12-19)21-13-18(15-27-21)17-9-5-4-6-10-17/h4-13,15,20,23H,3,14H2,1-2H3. The fraction of sp³-hybridized carbons (Fsp3) is 0.227. The highest BCUT2D eigenvalue weighted by Gasteiger charge is 2.25. The SMILES string of the molecule is CCOC(=O)CC(N[S+]([O-])c1cccc(C)c1)c1cc(-c2ccccc2)cs1. The average Bonchev–Trinajstić information content (AvgIpc) is 3.18. The molecule has 3 aromatic rings. The first-order valence-electron chi connectivity index (χ1n) is 9.11. The maximum atomic E-state index is 12.8. The van der Waals surface area contributed by atoms with E-state index in [9.17, 15) is 9.35 Å². The molecule has 1 aromatic heterocycles. The molecule has 1 N–H and O–H groups in total. The molecular formula is C22H23NO3S2. The maximum Gasteiger partial charge on any atom is 0.307 e. The van der Waals surface area contributed by atoms with E-state index in [2.05, 4.69) is 10.1 Å². The molecule has 0 saturated carbocycles. The molecule has 0 aliphatic heterocycles. The molecule has 1 heterocycles. The Morgan fingerprint density at radius 2 is 1.93 bits per heavy atom. The summed E-state index contributed by atoms with van der Waals surface area (Å²) < 4.78 is 21.1. The fourth-order valence-corrected chi connectivity index (χ4v) is 4.98. The number of benzene rings is 2. The minimum Gasteiger partial charge on any atom is -0.593 e. The zero-order valence-electron chi connectivity index (χ0n) is 15.9. The summed E-state index contributed by atoms with van der Waals surface area (Å²) in [6.07, 6.45) is 0.125. The van der Waals surface area contributed by atoms with Crippen molar-refractivity contribution in [2.45, 2.75) is 31.2 Å². The molecule has 2 atom stereocenters. The van der Waals surface area contributed by atoms with Crippen LogP contribution in [0.3, 0.4) is 0 Å². The van der Waals surface area contributed by atoms with E-state index in [1.165, 1.54) is 0 Å². The molecule has 0 amide bonds. The van der Waals surface area contributed by atoms with Crippen LogP contribution in [0.25, 0.3) is 11.1 Å². The summed E-state index contributed by atoms with van der Waals surface area (Å²) in [4.78, 5) is 13.8. The van der Waals surface area contributed by atoms with Gasteiger partial charge in [-0.3, -0.25) is 4.79 Å². The van der Waals surface area contributed by atoms with E-state index < -0.39 is 11.4 Å². The van der Waals surface area contributed by atoms with Gasteiger partial charge in [-0.1, -0.05) is 42.5 Å². The molecule has 0 radical (unpaired) electrons. The lowest BCUT2D eigenvalue weighted by Crippen LogP contribution is -2.30. The largest absolute Gasteiger partial charge is 0.593 e. The number of thiophene rings is 1. The zero-order chi connectivity index (χ0) is 19.9. The number of ether oxygens (including phenoxy) is 1. The van der Waals surface area contributed by atoms with Gasteiger partial charge >= 0.3 is 5.97 Å². The van der Waals surface area contributed by atoms with Crippen LogP contribution in [0, 0.1) is 6.92 Å². The predicted octanol–water partition coefficient (Wildman–Crippen LogP) is 5.03. The van der Waals surface area contributed by atoms with Crippen molar-refractivity contribution in [3.63, 3.8) is 0 Å². The lowest BCUT2D eigenvalue weighted by atomic mass is 10.1. The predicted molar refractivity (Wildman–Crippen MR) is 114 cm³/mol. The second kappa shape index (κ2) is 9.89. The van der Waals surface area contributed by atoms with Crippen LogP contribution in [0.1, 0.15) is 29.8 Å². The molecule has 0 fully saturated rings. The van der Waals surface area contributed by atoms with Gasteiger partial charge in [-0.25, -0.2) is 0 Å². The molecule has 0 aliphatic carbocycles. The van der Waals surface area contributed by atoms with Crippen molar-refractivity contribution in [1.82, 2.24) is 4.72 Å². The number of nitrogens with one attached hydrogen (secondary N) is 1. The maximum absolute atomic E-state index is 12.8. The Bertz CT molecular complexity index is 911. The molecule has 0 saturated heterocycles. The summed E-state index contributed by atoms with van der Waals surface area (Å²) in [5.74, 6) is -0.309. The first-order valence-corrected chi connectivity index (χ1v) is 11.1. The third-order valence-corrected chi connectivity index (χ3v) is 6.43. The van der Waals surface area contributed by atoms with Crippen molar-refractivity contribution >= 4 is 28.7 Å². The van der Waals surface area contributed by atoms with E-state index in [-0.39, 0.29) is 18.4 Å². The Morgan fingerprint density at radius 3 is 2.64 bits per heavy atom. The third kappa shape index (κ3) is 5.45. The highest BCUT2D eigenvalue weighted by Crippen LogP contribution is 2.32. The Kier molecular flexibility index (Phi) is 7.28. The molecule has 0 bridgehead atoms. The van der Waals surface area contributed by atoms with E-state index in [1.54, 1.807) is 18.3 Å². The lowest BCUT2D eigenvalue weighted by Gasteiger charge is -2.18. The van der Waals surface area contributed by atoms with Crippen LogP contribution >= 0.6 is 11.3 Å². The van der Waals surface area contributed by atoms with Gasteiger partial charge in [0.1, 0.15) is 0 Å². The zero-order valence-corrected chi connectivity index (χ0v) is 17.5. The van der Waals surface area contributed by atoms with E-state index >= 15 is 0 Å². The van der Waals surface area contributed by atoms with Crippen LogP contribution in [-0.4, -0.2) is 17.1 Å². The van der Waals surface area contributed by atoms with E-state index in [0.29, 0.717) is 11.5 Å². The van der Waals surface area contributed by atoms with Crippen LogP contribution in [0.15, 0.2) is 70.9 Å². The van der Waals surface area contributed by atoms with Crippen molar-refractivity contribution in [3.8, 4) is 11.1 Å². The second-order valence-electron chi connectivity index (χ2n) is 6.37. The average molecular weight is 414 g/mol. The summed E-state index contributed by atoms with van der Waals surface area (Å²) in [5.41, 5.74) is 3.23. The summed E-state index contributed by atoms with van der Waals surface area (Å²) in [7, 11) is 0. The molecule has 4 nitrogen and oxygen atoms in total. The van der Waals surface area contributed by atoms with Gasteiger partial charge in [-0.15, -0.1) is 16.1 Å². The smallest absolute Gasteiger partial charge is 0.307 e. The number of hydrogen-bond acceptors (Lipinski definition) is 5. The molecular weight excluding hydrogens is 390 g/mol. The van der Waals surface area contributed by atoms with Gasteiger partial charge in [0, 0.05) is 4.88 Å². The van der Waals surface area contributed by atoms with E-state index in [1.807, 2.05) is 67.6 Å². The van der Waals surface area contributed by atoms with Crippen molar-refractivity contribution < 1.29 is 14.1 Å². The van der Waals surface area contributed by atoms with Crippen LogP contribution in [0.4, 0.5) is 0 Å².